The van der Waals surface area contributed by atoms with E-state index in [1.165, 1.54) is 7.11 Å². The molecule has 0 fully saturated rings. The zero-order valence-corrected chi connectivity index (χ0v) is 14.3. The second-order valence-electron chi connectivity index (χ2n) is 5.35. The summed E-state index contributed by atoms with van der Waals surface area (Å²) in [6.45, 7) is 3.90. The Balaban J connectivity index is 2.33. The lowest BCUT2D eigenvalue weighted by molar-refractivity contribution is 0.0601. The molecule has 126 valence electrons. The van der Waals surface area contributed by atoms with Crippen LogP contribution in [-0.4, -0.2) is 32.5 Å². The molecule has 0 N–H and O–H groups in total. The van der Waals surface area contributed by atoms with E-state index < -0.39 is 5.97 Å². The van der Waals surface area contributed by atoms with Crippen LogP contribution in [0.25, 0.3) is 0 Å². The minimum absolute atomic E-state index is 0.0103. The summed E-state index contributed by atoms with van der Waals surface area (Å²) in [5, 5.41) is 0. The van der Waals surface area contributed by atoms with Crippen molar-refractivity contribution in [3.05, 3.63) is 53.6 Å². The zero-order valence-electron chi connectivity index (χ0n) is 14.3. The van der Waals surface area contributed by atoms with Crippen molar-refractivity contribution in [3.8, 4) is 11.5 Å². The Kier molecular flexibility index (Phi) is 5.95. The van der Waals surface area contributed by atoms with Gasteiger partial charge in [-0.05, 0) is 44.2 Å². The summed E-state index contributed by atoms with van der Waals surface area (Å²) >= 11 is 0. The van der Waals surface area contributed by atoms with Gasteiger partial charge in [-0.25, -0.2) is 4.79 Å². The number of aliphatic imine (C=N–C) groups is 1. The fourth-order valence-electron chi connectivity index (χ4n) is 2.13. The maximum Gasteiger partial charge on any atom is 0.337 e. The first-order valence-electron chi connectivity index (χ1n) is 7.61. The SMILES string of the molecule is COC(=O)c1cccc(N=Cc2cccc(OC)c2OC(C)C)c1. The van der Waals surface area contributed by atoms with Gasteiger partial charge in [-0.1, -0.05) is 12.1 Å². The van der Waals surface area contributed by atoms with Gasteiger partial charge in [0.15, 0.2) is 11.5 Å². The smallest absolute Gasteiger partial charge is 0.337 e. The predicted octanol–water partition coefficient (Wildman–Crippen LogP) is 4.02. The normalized spacial score (nSPS) is 10.9. The summed E-state index contributed by atoms with van der Waals surface area (Å²) in [5.41, 5.74) is 1.90. The number of rotatable bonds is 6. The fourth-order valence-corrected chi connectivity index (χ4v) is 2.13. The number of hydrogen-bond acceptors (Lipinski definition) is 5. The van der Waals surface area contributed by atoms with Gasteiger partial charge < -0.3 is 14.2 Å². The van der Waals surface area contributed by atoms with Gasteiger partial charge in [-0.3, -0.25) is 4.99 Å². The van der Waals surface area contributed by atoms with Crippen molar-refractivity contribution in [2.75, 3.05) is 14.2 Å². The largest absolute Gasteiger partial charge is 0.493 e. The van der Waals surface area contributed by atoms with Crippen molar-refractivity contribution in [3.63, 3.8) is 0 Å². The quantitative estimate of drug-likeness (QED) is 0.594. The van der Waals surface area contributed by atoms with E-state index in [0.717, 1.165) is 5.56 Å². The van der Waals surface area contributed by atoms with Gasteiger partial charge in [0, 0.05) is 11.8 Å². The van der Waals surface area contributed by atoms with E-state index in [4.69, 9.17) is 14.2 Å². The van der Waals surface area contributed by atoms with Crippen LogP contribution in [0.3, 0.4) is 0 Å². The van der Waals surface area contributed by atoms with Crippen molar-refractivity contribution in [1.29, 1.82) is 0 Å². The average Bonchev–Trinajstić information content (AvgIpc) is 2.59. The first-order chi connectivity index (χ1) is 11.5. The summed E-state index contributed by atoms with van der Waals surface area (Å²) in [5.74, 6) is 0.899. The third-order valence-electron chi connectivity index (χ3n) is 3.20. The lowest BCUT2D eigenvalue weighted by Crippen LogP contribution is -2.08. The molecule has 0 saturated heterocycles. The highest BCUT2D eigenvalue weighted by atomic mass is 16.5. The molecule has 0 bridgehead atoms. The molecule has 2 aromatic carbocycles. The van der Waals surface area contributed by atoms with Gasteiger partial charge in [0.25, 0.3) is 0 Å². The molecule has 2 aromatic rings. The molecule has 0 atom stereocenters. The van der Waals surface area contributed by atoms with Crippen molar-refractivity contribution in [2.24, 2.45) is 4.99 Å². The van der Waals surface area contributed by atoms with Crippen molar-refractivity contribution >= 4 is 17.9 Å². The fraction of sp³-hybridized carbons (Fsp3) is 0.263. The molecule has 0 radical (unpaired) electrons. The summed E-state index contributed by atoms with van der Waals surface area (Å²) < 4.78 is 15.9. The van der Waals surface area contributed by atoms with Crippen LogP contribution in [0.5, 0.6) is 11.5 Å². The van der Waals surface area contributed by atoms with E-state index in [0.29, 0.717) is 22.7 Å². The second-order valence-corrected chi connectivity index (χ2v) is 5.35. The summed E-state index contributed by atoms with van der Waals surface area (Å²) in [6.07, 6.45) is 1.70. The van der Waals surface area contributed by atoms with Crippen LogP contribution in [0.15, 0.2) is 47.5 Å². The molecule has 5 nitrogen and oxygen atoms in total. The first-order valence-corrected chi connectivity index (χ1v) is 7.61. The van der Waals surface area contributed by atoms with Crippen molar-refractivity contribution < 1.29 is 19.0 Å². The number of hydrogen-bond donors (Lipinski definition) is 0. The van der Waals surface area contributed by atoms with Crippen LogP contribution in [0.1, 0.15) is 29.8 Å². The molecule has 0 heterocycles. The highest BCUT2D eigenvalue weighted by Crippen LogP contribution is 2.31. The highest BCUT2D eigenvalue weighted by molar-refractivity contribution is 5.91. The lowest BCUT2D eigenvalue weighted by Gasteiger charge is -2.15. The van der Waals surface area contributed by atoms with Gasteiger partial charge in [0.2, 0.25) is 0 Å². The van der Waals surface area contributed by atoms with Crippen LogP contribution in [0, 0.1) is 0 Å². The molecule has 24 heavy (non-hydrogen) atoms. The van der Waals surface area contributed by atoms with E-state index in [9.17, 15) is 4.79 Å². The third kappa shape index (κ3) is 4.35. The lowest BCUT2D eigenvalue weighted by atomic mass is 10.2. The molecule has 2 rings (SSSR count). The van der Waals surface area contributed by atoms with Crippen LogP contribution in [0.2, 0.25) is 0 Å². The van der Waals surface area contributed by atoms with Gasteiger partial charge in [-0.15, -0.1) is 0 Å². The Morgan fingerprint density at radius 3 is 2.54 bits per heavy atom. The molecule has 0 amide bonds. The van der Waals surface area contributed by atoms with Gasteiger partial charge in [0.1, 0.15) is 0 Å². The summed E-state index contributed by atoms with van der Waals surface area (Å²) in [7, 11) is 2.95. The average molecular weight is 327 g/mol. The Morgan fingerprint density at radius 1 is 1.12 bits per heavy atom. The van der Waals surface area contributed by atoms with Gasteiger partial charge in [0.05, 0.1) is 31.6 Å². The van der Waals surface area contributed by atoms with Crippen LogP contribution in [0.4, 0.5) is 5.69 Å². The minimum atomic E-state index is -0.391. The molecule has 0 saturated carbocycles. The molecule has 0 aliphatic heterocycles. The standard InChI is InChI=1S/C19H21NO4/c1-13(2)24-18-15(8-6-10-17(18)22-3)12-20-16-9-5-7-14(11-16)19(21)23-4/h5-13H,1-4H3. The molecule has 0 aromatic heterocycles. The van der Waals surface area contributed by atoms with E-state index in [-0.39, 0.29) is 6.10 Å². The number of ether oxygens (including phenoxy) is 3. The van der Waals surface area contributed by atoms with E-state index in [1.54, 1.807) is 31.5 Å². The van der Waals surface area contributed by atoms with E-state index >= 15 is 0 Å². The summed E-state index contributed by atoms with van der Waals surface area (Å²) in [6, 6.07) is 12.5. The Labute approximate surface area is 141 Å². The molecule has 0 aliphatic rings. The number of nitrogens with zero attached hydrogens (tertiary/aromatic N) is 1. The Hall–Kier alpha value is -2.82. The van der Waals surface area contributed by atoms with Crippen LogP contribution < -0.4 is 9.47 Å². The molecule has 0 unspecified atom stereocenters. The van der Waals surface area contributed by atoms with Crippen LogP contribution >= 0.6 is 0 Å². The molecular formula is C19H21NO4. The van der Waals surface area contributed by atoms with Gasteiger partial charge in [-0.2, -0.15) is 0 Å². The van der Waals surface area contributed by atoms with Gasteiger partial charge >= 0.3 is 5.97 Å². The maximum absolute atomic E-state index is 11.6. The Morgan fingerprint density at radius 2 is 1.88 bits per heavy atom. The molecular weight excluding hydrogens is 306 g/mol. The molecule has 0 aliphatic carbocycles. The Bertz CT molecular complexity index is 738. The number of benzene rings is 2. The first kappa shape index (κ1) is 17.5. The van der Waals surface area contributed by atoms with E-state index in [1.807, 2.05) is 38.1 Å². The van der Waals surface area contributed by atoms with E-state index in [2.05, 4.69) is 4.99 Å². The molecule has 5 heteroatoms. The molecule has 0 spiro atoms. The second kappa shape index (κ2) is 8.15. The number of esters is 1. The maximum atomic E-state index is 11.6. The van der Waals surface area contributed by atoms with Crippen LogP contribution in [-0.2, 0) is 4.74 Å². The zero-order chi connectivity index (χ0) is 17.5. The highest BCUT2D eigenvalue weighted by Gasteiger charge is 2.11. The number of carbonyl (C=O) groups excluding carboxylic acids is 1. The minimum Gasteiger partial charge on any atom is -0.493 e. The third-order valence-corrected chi connectivity index (χ3v) is 3.20. The monoisotopic (exact) mass is 327 g/mol. The topological polar surface area (TPSA) is 57.1 Å². The number of methoxy groups -OCH3 is 2. The predicted molar refractivity (Wildman–Crippen MR) is 93.8 cm³/mol. The number of carbonyl (C=O) groups is 1. The van der Waals surface area contributed by atoms with Crippen molar-refractivity contribution in [1.82, 2.24) is 0 Å². The summed E-state index contributed by atoms with van der Waals surface area (Å²) in [4.78, 5) is 16.0. The van der Waals surface area contributed by atoms with Crippen molar-refractivity contribution in [2.45, 2.75) is 20.0 Å². The number of para-hydroxylation sites is 1.